The lowest BCUT2D eigenvalue weighted by molar-refractivity contribution is -0.0436. The van der Waals surface area contributed by atoms with Crippen molar-refractivity contribution >= 4 is 9.84 Å². The molecule has 0 aliphatic carbocycles. The van der Waals surface area contributed by atoms with Crippen molar-refractivity contribution in [2.45, 2.75) is 44.1 Å². The molecule has 11 heteroatoms. The standard InChI is InChI=1S/C21H22F3N3O4S/c1-13(2)10-16-11-15(8-9-25-16)12-26-14(3)19(28)27(20(26)29)17-4-6-18(7-5-17)32(30,31)21(22,23)24/h4-9,11,13,28H,10,12H2,1-3H3. The summed E-state index contributed by atoms with van der Waals surface area (Å²) in [4.78, 5) is 16.3. The molecule has 172 valence electrons. The van der Waals surface area contributed by atoms with E-state index in [2.05, 4.69) is 18.8 Å². The molecule has 32 heavy (non-hydrogen) atoms. The number of pyridine rings is 1. The van der Waals surface area contributed by atoms with Crippen LogP contribution in [0.4, 0.5) is 13.2 Å². The molecule has 0 fully saturated rings. The van der Waals surface area contributed by atoms with Crippen LogP contribution in [0.5, 0.6) is 5.88 Å². The van der Waals surface area contributed by atoms with Crippen LogP contribution in [0.15, 0.2) is 52.3 Å². The molecule has 0 atom stereocenters. The van der Waals surface area contributed by atoms with Gasteiger partial charge in [-0.3, -0.25) is 9.55 Å². The highest BCUT2D eigenvalue weighted by Gasteiger charge is 2.46. The van der Waals surface area contributed by atoms with Gasteiger partial charge in [-0.1, -0.05) is 13.8 Å². The quantitative estimate of drug-likeness (QED) is 0.596. The summed E-state index contributed by atoms with van der Waals surface area (Å²) in [5.41, 5.74) is -4.10. The maximum Gasteiger partial charge on any atom is 0.501 e. The minimum absolute atomic E-state index is 0.0331. The molecule has 0 saturated heterocycles. The molecular formula is C21H22F3N3O4S. The number of hydrogen-bond donors (Lipinski definition) is 1. The van der Waals surface area contributed by atoms with E-state index in [-0.39, 0.29) is 17.9 Å². The van der Waals surface area contributed by atoms with E-state index in [1.807, 2.05) is 6.07 Å². The van der Waals surface area contributed by atoms with Gasteiger partial charge in [-0.15, -0.1) is 0 Å². The van der Waals surface area contributed by atoms with Crippen molar-refractivity contribution in [1.29, 1.82) is 0 Å². The second-order valence-corrected chi connectivity index (χ2v) is 9.75. The van der Waals surface area contributed by atoms with Crippen LogP contribution in [0.1, 0.15) is 30.8 Å². The Balaban J connectivity index is 1.98. The first-order valence-corrected chi connectivity index (χ1v) is 11.2. The zero-order valence-electron chi connectivity index (χ0n) is 17.6. The highest BCUT2D eigenvalue weighted by atomic mass is 32.2. The van der Waals surface area contributed by atoms with Gasteiger partial charge in [-0.05, 0) is 61.2 Å². The van der Waals surface area contributed by atoms with Gasteiger partial charge in [0.2, 0.25) is 5.88 Å². The SMILES string of the molecule is Cc1c(O)n(-c2ccc(S(=O)(=O)C(F)(F)F)cc2)c(=O)n1Cc1ccnc(CC(C)C)c1. The van der Waals surface area contributed by atoms with Gasteiger partial charge in [0.1, 0.15) is 0 Å². The van der Waals surface area contributed by atoms with Crippen molar-refractivity contribution in [3.63, 3.8) is 0 Å². The first-order chi connectivity index (χ1) is 14.8. The number of sulfone groups is 1. The van der Waals surface area contributed by atoms with E-state index in [9.17, 15) is 31.5 Å². The number of halogens is 3. The van der Waals surface area contributed by atoms with E-state index in [1.54, 1.807) is 12.3 Å². The lowest BCUT2D eigenvalue weighted by Crippen LogP contribution is -2.25. The van der Waals surface area contributed by atoms with Crippen molar-refractivity contribution in [2.75, 3.05) is 0 Å². The molecule has 0 radical (unpaired) electrons. The molecule has 0 spiro atoms. The van der Waals surface area contributed by atoms with Gasteiger partial charge in [0.25, 0.3) is 9.84 Å². The normalized spacial score (nSPS) is 12.5. The van der Waals surface area contributed by atoms with Gasteiger partial charge in [0.15, 0.2) is 0 Å². The highest BCUT2D eigenvalue weighted by molar-refractivity contribution is 7.92. The molecule has 0 saturated carbocycles. The van der Waals surface area contributed by atoms with Crippen LogP contribution in [0.25, 0.3) is 5.69 Å². The first-order valence-electron chi connectivity index (χ1n) is 9.69. The minimum atomic E-state index is -5.51. The van der Waals surface area contributed by atoms with E-state index < -0.39 is 31.8 Å². The number of aromatic nitrogens is 3. The topological polar surface area (TPSA) is 94.2 Å². The van der Waals surface area contributed by atoms with E-state index in [0.29, 0.717) is 5.92 Å². The van der Waals surface area contributed by atoms with E-state index in [1.165, 1.54) is 11.5 Å². The summed E-state index contributed by atoms with van der Waals surface area (Å²) in [6.45, 7) is 5.81. The molecule has 2 heterocycles. The molecular weight excluding hydrogens is 447 g/mol. The number of imidazole rings is 1. The molecule has 1 aromatic carbocycles. The Morgan fingerprint density at radius 3 is 2.31 bits per heavy atom. The number of aromatic hydroxyl groups is 1. The van der Waals surface area contributed by atoms with Crippen molar-refractivity contribution < 1.29 is 26.7 Å². The Labute approximate surface area is 182 Å². The van der Waals surface area contributed by atoms with Crippen LogP contribution in [0.3, 0.4) is 0 Å². The van der Waals surface area contributed by atoms with Gasteiger partial charge in [-0.2, -0.15) is 13.2 Å². The Kier molecular flexibility index (Phi) is 6.23. The fourth-order valence-corrected chi connectivity index (χ4v) is 4.06. The van der Waals surface area contributed by atoms with Gasteiger partial charge >= 0.3 is 11.2 Å². The zero-order valence-corrected chi connectivity index (χ0v) is 18.4. The molecule has 0 bridgehead atoms. The third kappa shape index (κ3) is 4.43. The molecule has 3 rings (SSSR count). The number of alkyl halides is 3. The molecule has 0 amide bonds. The maximum atomic E-state index is 13.0. The Bertz CT molecular complexity index is 1290. The summed E-state index contributed by atoms with van der Waals surface area (Å²) >= 11 is 0. The summed E-state index contributed by atoms with van der Waals surface area (Å²) in [6.07, 6.45) is 2.41. The van der Waals surface area contributed by atoms with E-state index >= 15 is 0 Å². The van der Waals surface area contributed by atoms with Gasteiger partial charge < -0.3 is 5.11 Å². The lowest BCUT2D eigenvalue weighted by atomic mass is 10.1. The summed E-state index contributed by atoms with van der Waals surface area (Å²) in [7, 11) is -5.51. The van der Waals surface area contributed by atoms with Crippen molar-refractivity contribution in [3.05, 3.63) is 70.0 Å². The second-order valence-electron chi connectivity index (χ2n) is 7.81. The maximum absolute atomic E-state index is 13.0. The van der Waals surface area contributed by atoms with Gasteiger partial charge in [0.05, 0.1) is 22.8 Å². The summed E-state index contributed by atoms with van der Waals surface area (Å²) < 4.78 is 63.5. The fraction of sp³-hybridized carbons (Fsp3) is 0.333. The third-order valence-corrected chi connectivity index (χ3v) is 6.41. The molecule has 0 aliphatic rings. The Hall–Kier alpha value is -3.08. The van der Waals surface area contributed by atoms with E-state index in [0.717, 1.165) is 46.5 Å². The monoisotopic (exact) mass is 469 g/mol. The zero-order chi connectivity index (χ0) is 23.8. The van der Waals surface area contributed by atoms with Gasteiger partial charge in [-0.25, -0.2) is 17.8 Å². The fourth-order valence-electron chi connectivity index (χ4n) is 3.30. The summed E-state index contributed by atoms with van der Waals surface area (Å²) in [5.74, 6) is 0.00866. The average Bonchev–Trinajstić information content (AvgIpc) is 2.90. The molecule has 0 unspecified atom stereocenters. The lowest BCUT2D eigenvalue weighted by Gasteiger charge is -2.09. The smallest absolute Gasteiger partial charge is 0.493 e. The average molecular weight is 469 g/mol. The Morgan fingerprint density at radius 1 is 1.12 bits per heavy atom. The molecule has 1 N–H and O–H groups in total. The van der Waals surface area contributed by atoms with Crippen LogP contribution in [-0.4, -0.2) is 33.2 Å². The predicted molar refractivity (Wildman–Crippen MR) is 112 cm³/mol. The summed E-state index contributed by atoms with van der Waals surface area (Å²) in [5, 5.41) is 10.5. The third-order valence-electron chi connectivity index (χ3n) is 4.91. The number of benzene rings is 1. The Morgan fingerprint density at radius 2 is 1.75 bits per heavy atom. The van der Waals surface area contributed by atoms with Crippen LogP contribution in [-0.2, 0) is 22.8 Å². The number of rotatable bonds is 6. The van der Waals surface area contributed by atoms with Crippen molar-refractivity contribution in [1.82, 2.24) is 14.1 Å². The largest absolute Gasteiger partial charge is 0.501 e. The van der Waals surface area contributed by atoms with Crippen LogP contribution < -0.4 is 5.69 Å². The van der Waals surface area contributed by atoms with Crippen molar-refractivity contribution in [3.8, 4) is 11.6 Å². The number of hydrogen-bond acceptors (Lipinski definition) is 5. The first kappa shape index (κ1) is 23.6. The molecule has 3 aromatic rings. The summed E-state index contributed by atoms with van der Waals surface area (Å²) in [6, 6.07) is 7.20. The number of nitrogens with zero attached hydrogens (tertiary/aromatic N) is 3. The minimum Gasteiger partial charge on any atom is -0.493 e. The van der Waals surface area contributed by atoms with E-state index in [4.69, 9.17) is 0 Å². The molecule has 7 nitrogen and oxygen atoms in total. The molecule has 2 aromatic heterocycles. The second kappa shape index (κ2) is 8.45. The highest BCUT2D eigenvalue weighted by Crippen LogP contribution is 2.31. The molecule has 0 aliphatic heterocycles. The van der Waals surface area contributed by atoms with Crippen LogP contribution >= 0.6 is 0 Å². The van der Waals surface area contributed by atoms with Crippen LogP contribution in [0.2, 0.25) is 0 Å². The predicted octanol–water partition coefficient (Wildman–Crippen LogP) is 3.59. The van der Waals surface area contributed by atoms with Gasteiger partial charge in [0, 0.05) is 11.9 Å². The van der Waals surface area contributed by atoms with Crippen molar-refractivity contribution in [2.24, 2.45) is 5.92 Å². The van der Waals surface area contributed by atoms with Crippen LogP contribution in [0, 0.1) is 12.8 Å².